The summed E-state index contributed by atoms with van der Waals surface area (Å²) >= 11 is 5.67. The van der Waals surface area contributed by atoms with Gasteiger partial charge in [-0.1, -0.05) is 19.6 Å². The van der Waals surface area contributed by atoms with E-state index in [0.717, 1.165) is 0 Å². The van der Waals surface area contributed by atoms with Crippen molar-refractivity contribution in [1.29, 1.82) is 0 Å². The molecule has 0 aromatic rings. The van der Waals surface area contributed by atoms with E-state index in [1.807, 2.05) is 0 Å². The summed E-state index contributed by atoms with van der Waals surface area (Å²) < 4.78 is 0. The van der Waals surface area contributed by atoms with Crippen LogP contribution in [0.4, 0.5) is 0 Å². The van der Waals surface area contributed by atoms with Gasteiger partial charge < -0.3 is 0 Å². The van der Waals surface area contributed by atoms with Crippen LogP contribution in [0.2, 0.25) is 19.6 Å². The minimum Gasteiger partial charge on any atom is -0.168 e. The fourth-order valence-electron chi connectivity index (χ4n) is 0. The summed E-state index contributed by atoms with van der Waals surface area (Å²) in [5.74, 6) is 0. The Hall–Kier alpha value is 0.572. The summed E-state index contributed by atoms with van der Waals surface area (Å²) in [6, 6.07) is 0. The summed E-state index contributed by atoms with van der Waals surface area (Å²) in [4.78, 5) is 0. The molecule has 0 aromatic carbocycles. The van der Waals surface area contributed by atoms with Gasteiger partial charge in [0.2, 0.25) is 0 Å². The van der Waals surface area contributed by atoms with E-state index < -0.39 is 7.38 Å². The average Bonchev–Trinajstić information content (AvgIpc) is 0.722. The Morgan fingerprint density at radius 1 is 1.17 bits per heavy atom. The van der Waals surface area contributed by atoms with E-state index in [0.29, 0.717) is 0 Å². The van der Waals surface area contributed by atoms with Crippen molar-refractivity contribution in [2.75, 3.05) is 0 Å². The molecule has 0 spiro atoms. The molecule has 38 valence electrons. The van der Waals surface area contributed by atoms with Gasteiger partial charge in [0.05, 0.1) is 8.41 Å². The molecule has 0 bridgehead atoms. The SMILES string of the molecule is B.C[Si](C)(C)Cl. The van der Waals surface area contributed by atoms with Gasteiger partial charge in [-0.2, -0.15) is 11.1 Å². The molecule has 0 saturated carbocycles. The van der Waals surface area contributed by atoms with Crippen LogP contribution in [-0.2, 0) is 0 Å². The van der Waals surface area contributed by atoms with Crippen molar-refractivity contribution in [2.45, 2.75) is 19.6 Å². The van der Waals surface area contributed by atoms with E-state index in [2.05, 4.69) is 19.6 Å². The lowest BCUT2D eigenvalue weighted by Crippen LogP contribution is -2.06. The van der Waals surface area contributed by atoms with Crippen LogP contribution in [0, 0.1) is 0 Å². The molecule has 0 aliphatic rings. The molecular weight excluding hydrogens is 110 g/mol. The molecule has 0 aliphatic carbocycles. The predicted molar refractivity (Wildman–Crippen MR) is 39.1 cm³/mol. The zero-order chi connectivity index (χ0) is 4.50. The molecule has 0 saturated heterocycles. The highest BCUT2D eigenvalue weighted by Gasteiger charge is 2.04. The highest BCUT2D eigenvalue weighted by Crippen LogP contribution is 2.03. The fourth-order valence-corrected chi connectivity index (χ4v) is 0. The van der Waals surface area contributed by atoms with Gasteiger partial charge in [-0.25, -0.2) is 0 Å². The summed E-state index contributed by atoms with van der Waals surface area (Å²) in [6.07, 6.45) is 0. The molecule has 0 heterocycles. The van der Waals surface area contributed by atoms with Crippen LogP contribution in [-0.4, -0.2) is 15.8 Å². The van der Waals surface area contributed by atoms with Crippen LogP contribution >= 0.6 is 11.1 Å². The van der Waals surface area contributed by atoms with Crippen LogP contribution in [0.1, 0.15) is 0 Å². The second-order valence-corrected chi connectivity index (χ2v) is 9.60. The molecule has 0 aromatic heterocycles. The van der Waals surface area contributed by atoms with Crippen LogP contribution in [0.25, 0.3) is 0 Å². The Kier molecular flexibility index (Phi) is 4.39. The first-order valence-corrected chi connectivity index (χ1v) is 6.20. The molecule has 0 aliphatic heterocycles. The molecule has 0 unspecified atom stereocenters. The summed E-state index contributed by atoms with van der Waals surface area (Å²) in [7, 11) is -1.14. The molecule has 0 N–H and O–H groups in total. The van der Waals surface area contributed by atoms with Gasteiger partial charge in [0, 0.05) is 0 Å². The van der Waals surface area contributed by atoms with E-state index in [9.17, 15) is 0 Å². The van der Waals surface area contributed by atoms with Crippen molar-refractivity contribution in [3.05, 3.63) is 0 Å². The third-order valence-corrected chi connectivity index (χ3v) is 0. The largest absolute Gasteiger partial charge is 0.168 e. The van der Waals surface area contributed by atoms with Crippen LogP contribution < -0.4 is 0 Å². The zero-order valence-corrected chi connectivity index (χ0v) is 5.63. The smallest absolute Gasteiger partial charge is 0.147 e. The van der Waals surface area contributed by atoms with Gasteiger partial charge in [0.15, 0.2) is 0 Å². The maximum Gasteiger partial charge on any atom is 0.147 e. The minimum absolute atomic E-state index is 0. The third-order valence-electron chi connectivity index (χ3n) is 0. The van der Waals surface area contributed by atoms with Crippen molar-refractivity contribution in [3.8, 4) is 0 Å². The second kappa shape index (κ2) is 2.70. The lowest BCUT2D eigenvalue weighted by molar-refractivity contribution is 1.87. The van der Waals surface area contributed by atoms with Crippen LogP contribution in [0.5, 0.6) is 0 Å². The Labute approximate surface area is 47.2 Å². The maximum atomic E-state index is 5.67. The van der Waals surface area contributed by atoms with E-state index in [1.54, 1.807) is 0 Å². The highest BCUT2D eigenvalue weighted by atomic mass is 35.6. The van der Waals surface area contributed by atoms with Gasteiger partial charge in [0.25, 0.3) is 0 Å². The molecule has 3 heteroatoms. The fraction of sp³-hybridized carbons (Fsp3) is 1.00. The lowest BCUT2D eigenvalue weighted by atomic mass is 10.8. The number of hydrogen-bond donors (Lipinski definition) is 0. The molecule has 0 atom stereocenters. The molecular formula is C3H12BClSi. The first kappa shape index (κ1) is 9.76. The van der Waals surface area contributed by atoms with Crippen molar-refractivity contribution < 1.29 is 0 Å². The normalized spacial score (nSPS) is 10.0. The van der Waals surface area contributed by atoms with E-state index >= 15 is 0 Å². The molecule has 0 rings (SSSR count). The van der Waals surface area contributed by atoms with Gasteiger partial charge >= 0.3 is 0 Å². The van der Waals surface area contributed by atoms with Crippen LogP contribution in [0.15, 0.2) is 0 Å². The van der Waals surface area contributed by atoms with Gasteiger partial charge in [0.1, 0.15) is 7.38 Å². The van der Waals surface area contributed by atoms with E-state index in [4.69, 9.17) is 11.1 Å². The van der Waals surface area contributed by atoms with Crippen molar-refractivity contribution in [3.63, 3.8) is 0 Å². The Morgan fingerprint density at radius 3 is 1.17 bits per heavy atom. The van der Waals surface area contributed by atoms with E-state index in [1.165, 1.54) is 0 Å². The van der Waals surface area contributed by atoms with E-state index in [-0.39, 0.29) is 8.41 Å². The third kappa shape index (κ3) is 178. The van der Waals surface area contributed by atoms with Crippen molar-refractivity contribution >= 4 is 26.9 Å². The monoisotopic (exact) mass is 122 g/mol. The van der Waals surface area contributed by atoms with Gasteiger partial charge in [-0.05, 0) is 0 Å². The number of hydrogen-bond acceptors (Lipinski definition) is 0. The van der Waals surface area contributed by atoms with Crippen LogP contribution in [0.3, 0.4) is 0 Å². The summed E-state index contributed by atoms with van der Waals surface area (Å²) in [6.45, 7) is 6.28. The van der Waals surface area contributed by atoms with Crippen molar-refractivity contribution in [2.24, 2.45) is 0 Å². The second-order valence-electron chi connectivity index (χ2n) is 2.07. The molecule has 0 radical (unpaired) electrons. The summed E-state index contributed by atoms with van der Waals surface area (Å²) in [5.41, 5.74) is 0. The van der Waals surface area contributed by atoms with Gasteiger partial charge in [-0.3, -0.25) is 0 Å². The molecule has 6 heavy (non-hydrogen) atoms. The topological polar surface area (TPSA) is 0 Å². The zero-order valence-electron chi connectivity index (χ0n) is 3.88. The maximum absolute atomic E-state index is 5.67. The minimum atomic E-state index is -1.14. The molecule has 0 amide bonds. The average molecular weight is 122 g/mol. The number of rotatable bonds is 0. The Balaban J connectivity index is 0. The quantitative estimate of drug-likeness (QED) is 0.331. The standard InChI is InChI=1S/C3H9ClSi.BH3/c1-5(2,3)4;/h1-3H3;1H3. The predicted octanol–water partition coefficient (Wildman–Crippen LogP) is 0.876. The first-order valence-electron chi connectivity index (χ1n) is 1.69. The number of halogens is 1. The molecule has 0 nitrogen and oxygen atoms in total. The first-order chi connectivity index (χ1) is 2.00. The Morgan fingerprint density at radius 2 is 1.17 bits per heavy atom. The van der Waals surface area contributed by atoms with Gasteiger partial charge in [-0.15, -0.1) is 0 Å². The van der Waals surface area contributed by atoms with Crippen molar-refractivity contribution in [1.82, 2.24) is 0 Å². The highest BCUT2D eigenvalue weighted by molar-refractivity contribution is 7.18. The molecule has 0 fully saturated rings. The summed E-state index contributed by atoms with van der Waals surface area (Å²) in [5, 5.41) is 0. The lowest BCUT2D eigenvalue weighted by Gasteiger charge is -1.97. The Bertz CT molecular complexity index is 26.3.